The van der Waals surface area contributed by atoms with Gasteiger partial charge in [0.05, 0.1) is 19.3 Å². The Morgan fingerprint density at radius 3 is 1.72 bits per heavy atom. The van der Waals surface area contributed by atoms with Crippen LogP contribution in [-0.4, -0.2) is 67.2 Å². The predicted octanol–water partition coefficient (Wildman–Crippen LogP) is 3.13. The number of aliphatic hydroxyl groups is 1. The van der Waals surface area contributed by atoms with Gasteiger partial charge in [0.1, 0.15) is 18.9 Å². The first-order chi connectivity index (χ1) is 17.2. The number of rotatable bonds is 21. The van der Waals surface area contributed by atoms with Gasteiger partial charge in [-0.15, -0.1) is 0 Å². The number of hydrogen-bond acceptors (Lipinski definition) is 11. The highest BCUT2D eigenvalue weighted by molar-refractivity contribution is 5.91. The fourth-order valence-corrected chi connectivity index (χ4v) is 3.00. The molecule has 0 bridgehead atoms. The quantitative estimate of drug-likeness (QED) is 0.0784. The highest BCUT2D eigenvalue weighted by Gasteiger charge is 2.24. The molecule has 208 valence electrons. The van der Waals surface area contributed by atoms with Gasteiger partial charge in [0.15, 0.2) is 0 Å². The van der Waals surface area contributed by atoms with E-state index in [1.807, 2.05) is 20.8 Å². The normalized spacial score (nSPS) is 12.2. The van der Waals surface area contributed by atoms with Crippen LogP contribution < -0.4 is 0 Å². The lowest BCUT2D eigenvalue weighted by Gasteiger charge is -2.23. The molecule has 0 aliphatic heterocycles. The van der Waals surface area contributed by atoms with Gasteiger partial charge in [0.2, 0.25) is 6.79 Å². The van der Waals surface area contributed by atoms with Gasteiger partial charge in [-0.05, 0) is 38.5 Å². The molecular formula is C25H42O11. The van der Waals surface area contributed by atoms with E-state index in [0.29, 0.717) is 32.1 Å². The average molecular weight is 519 g/mol. The molecule has 0 saturated carbocycles. The van der Waals surface area contributed by atoms with Gasteiger partial charge < -0.3 is 28.8 Å². The largest absolute Gasteiger partial charge is 0.465 e. The summed E-state index contributed by atoms with van der Waals surface area (Å²) in [5.41, 5.74) is 0. The molecule has 0 aliphatic rings. The molecule has 0 radical (unpaired) electrons. The number of aliphatic hydroxyl groups excluding tert-OH is 1. The van der Waals surface area contributed by atoms with Gasteiger partial charge in [-0.2, -0.15) is 0 Å². The zero-order chi connectivity index (χ0) is 27.2. The average Bonchev–Trinajstić information content (AvgIpc) is 2.83. The van der Waals surface area contributed by atoms with Gasteiger partial charge in [-0.3, -0.25) is 24.0 Å². The van der Waals surface area contributed by atoms with Crippen molar-refractivity contribution in [3.63, 3.8) is 0 Å². The summed E-state index contributed by atoms with van der Waals surface area (Å²) in [4.78, 5) is 58.3. The van der Waals surface area contributed by atoms with E-state index in [2.05, 4.69) is 4.74 Å². The topological polar surface area (TPSA) is 152 Å². The van der Waals surface area contributed by atoms with E-state index < -0.39 is 61.7 Å². The molecule has 0 aromatic rings. The standard InChI is InChI=1S/C25H42O11/c1-4-7-8-12-20(36-25(31)17-23(29)33-15-6-3)19(26)11-9-10-13-21(27)34-18-35-24(30)16-22(28)32-14-5-2/h19-20,26H,4-18H2,1-3H3. The molecule has 0 spiro atoms. The molecule has 2 unspecified atom stereocenters. The lowest BCUT2D eigenvalue weighted by Crippen LogP contribution is -2.32. The van der Waals surface area contributed by atoms with Crippen molar-refractivity contribution < 1.29 is 52.8 Å². The Kier molecular flexibility index (Phi) is 20.0. The molecule has 2 atom stereocenters. The summed E-state index contributed by atoms with van der Waals surface area (Å²) in [7, 11) is 0. The molecule has 0 aliphatic carbocycles. The predicted molar refractivity (Wildman–Crippen MR) is 127 cm³/mol. The minimum Gasteiger partial charge on any atom is -0.465 e. The molecule has 11 nitrogen and oxygen atoms in total. The van der Waals surface area contributed by atoms with Gasteiger partial charge in [-0.25, -0.2) is 0 Å². The van der Waals surface area contributed by atoms with E-state index in [0.717, 1.165) is 19.3 Å². The van der Waals surface area contributed by atoms with Crippen LogP contribution in [0.3, 0.4) is 0 Å². The minimum absolute atomic E-state index is 0.0341. The van der Waals surface area contributed by atoms with Crippen molar-refractivity contribution in [2.75, 3.05) is 20.0 Å². The van der Waals surface area contributed by atoms with E-state index in [-0.39, 0.29) is 26.1 Å². The number of carbonyl (C=O) groups excluding carboxylic acids is 5. The fourth-order valence-electron chi connectivity index (χ4n) is 3.00. The summed E-state index contributed by atoms with van der Waals surface area (Å²) in [6.45, 7) is 5.54. The molecular weight excluding hydrogens is 476 g/mol. The maximum absolute atomic E-state index is 12.1. The molecule has 0 saturated heterocycles. The smallest absolute Gasteiger partial charge is 0.320 e. The molecule has 0 aromatic heterocycles. The summed E-state index contributed by atoms with van der Waals surface area (Å²) in [5.74, 6) is -3.56. The summed E-state index contributed by atoms with van der Waals surface area (Å²) in [5, 5.41) is 10.5. The molecule has 11 heteroatoms. The Labute approximate surface area is 213 Å². The van der Waals surface area contributed by atoms with Crippen molar-refractivity contribution in [3.8, 4) is 0 Å². The first-order valence-electron chi connectivity index (χ1n) is 12.7. The van der Waals surface area contributed by atoms with E-state index in [9.17, 15) is 29.1 Å². The molecule has 0 fully saturated rings. The Bertz CT molecular complexity index is 662. The van der Waals surface area contributed by atoms with E-state index in [1.54, 1.807) is 0 Å². The van der Waals surface area contributed by atoms with E-state index >= 15 is 0 Å². The van der Waals surface area contributed by atoms with Crippen LogP contribution in [0.5, 0.6) is 0 Å². The Balaban J connectivity index is 4.28. The van der Waals surface area contributed by atoms with E-state index in [4.69, 9.17) is 18.9 Å². The van der Waals surface area contributed by atoms with Crippen LogP contribution in [0.4, 0.5) is 0 Å². The monoisotopic (exact) mass is 518 g/mol. The Hall–Kier alpha value is -2.69. The van der Waals surface area contributed by atoms with Gasteiger partial charge >= 0.3 is 29.8 Å². The third-order valence-electron chi connectivity index (χ3n) is 4.89. The van der Waals surface area contributed by atoms with Crippen LogP contribution in [0.25, 0.3) is 0 Å². The lowest BCUT2D eigenvalue weighted by molar-refractivity contribution is -0.169. The number of unbranched alkanes of at least 4 members (excludes halogenated alkanes) is 3. The van der Waals surface area contributed by atoms with Crippen LogP contribution in [0.15, 0.2) is 0 Å². The van der Waals surface area contributed by atoms with Crippen LogP contribution in [0, 0.1) is 0 Å². The molecule has 0 amide bonds. The second-order valence-corrected chi connectivity index (χ2v) is 8.28. The Morgan fingerprint density at radius 1 is 0.611 bits per heavy atom. The van der Waals surface area contributed by atoms with Crippen LogP contribution in [-0.2, 0) is 47.7 Å². The van der Waals surface area contributed by atoms with Gasteiger partial charge in [-0.1, -0.05) is 40.0 Å². The van der Waals surface area contributed by atoms with Crippen LogP contribution in [0.1, 0.15) is 97.8 Å². The molecule has 1 N–H and O–H groups in total. The lowest BCUT2D eigenvalue weighted by atomic mass is 10.0. The summed E-state index contributed by atoms with van der Waals surface area (Å²) in [6.07, 6.45) is 2.79. The molecule has 0 rings (SSSR count). The third-order valence-corrected chi connectivity index (χ3v) is 4.89. The second kappa shape index (κ2) is 21.6. The fraction of sp³-hybridized carbons (Fsp3) is 0.800. The first kappa shape index (κ1) is 33.3. The molecule has 0 aromatic carbocycles. The van der Waals surface area contributed by atoms with Gasteiger partial charge in [0.25, 0.3) is 0 Å². The van der Waals surface area contributed by atoms with Crippen molar-refractivity contribution in [1.82, 2.24) is 0 Å². The maximum Gasteiger partial charge on any atom is 0.320 e. The van der Waals surface area contributed by atoms with E-state index in [1.165, 1.54) is 0 Å². The van der Waals surface area contributed by atoms with Crippen LogP contribution in [0.2, 0.25) is 0 Å². The Morgan fingerprint density at radius 2 is 1.14 bits per heavy atom. The second-order valence-electron chi connectivity index (χ2n) is 8.28. The highest BCUT2D eigenvalue weighted by Crippen LogP contribution is 2.17. The van der Waals surface area contributed by atoms with Crippen molar-refractivity contribution in [3.05, 3.63) is 0 Å². The first-order valence-corrected chi connectivity index (χ1v) is 12.7. The zero-order valence-corrected chi connectivity index (χ0v) is 21.8. The zero-order valence-electron chi connectivity index (χ0n) is 21.8. The van der Waals surface area contributed by atoms with Crippen LogP contribution >= 0.6 is 0 Å². The maximum atomic E-state index is 12.1. The van der Waals surface area contributed by atoms with Crippen molar-refractivity contribution >= 4 is 29.8 Å². The number of hydrogen-bond donors (Lipinski definition) is 1. The third kappa shape index (κ3) is 18.6. The number of ether oxygens (including phenoxy) is 5. The van der Waals surface area contributed by atoms with Crippen molar-refractivity contribution in [2.45, 2.75) is 110 Å². The summed E-state index contributed by atoms with van der Waals surface area (Å²) >= 11 is 0. The number of carbonyl (C=O) groups is 5. The van der Waals surface area contributed by atoms with Gasteiger partial charge in [0, 0.05) is 6.42 Å². The summed E-state index contributed by atoms with van der Waals surface area (Å²) < 4.78 is 24.5. The minimum atomic E-state index is -0.943. The van der Waals surface area contributed by atoms with Crippen molar-refractivity contribution in [2.24, 2.45) is 0 Å². The highest BCUT2D eigenvalue weighted by atomic mass is 16.7. The molecule has 36 heavy (non-hydrogen) atoms. The van der Waals surface area contributed by atoms with Crippen molar-refractivity contribution in [1.29, 1.82) is 0 Å². The summed E-state index contributed by atoms with van der Waals surface area (Å²) in [6, 6.07) is 0. The SMILES string of the molecule is CCCCCC(OC(=O)CC(=O)OCCC)C(O)CCCCC(=O)OCOC(=O)CC(=O)OCCC. The molecule has 0 heterocycles. The number of esters is 5.